The molecule has 1 unspecified atom stereocenters. The summed E-state index contributed by atoms with van der Waals surface area (Å²) < 4.78 is 15.6. The van der Waals surface area contributed by atoms with Crippen molar-refractivity contribution in [3.05, 3.63) is 24.5 Å². The standard InChI is InChI=1S/C14H20O2.C8H12O4/c1-9(2)13(15)16-14-6-10-3-11(7-14)5-12(4-10)8-14;1-6(9)8(10)12-7-4-2-3-5-11-7/h10-12H,1,3-8H2,2H3;7,9H,1-5H2. The van der Waals surface area contributed by atoms with Gasteiger partial charge in [-0.15, -0.1) is 0 Å². The summed E-state index contributed by atoms with van der Waals surface area (Å²) in [5.41, 5.74) is 0.431. The smallest absolute Gasteiger partial charge is 0.375 e. The maximum absolute atomic E-state index is 11.7. The van der Waals surface area contributed by atoms with E-state index >= 15 is 0 Å². The molecule has 0 amide bonds. The van der Waals surface area contributed by atoms with Gasteiger partial charge in [-0.3, -0.25) is 0 Å². The van der Waals surface area contributed by atoms with Gasteiger partial charge in [0.25, 0.3) is 0 Å². The van der Waals surface area contributed by atoms with E-state index in [1.165, 1.54) is 19.3 Å². The molecule has 0 aromatic carbocycles. The van der Waals surface area contributed by atoms with E-state index in [1.54, 1.807) is 6.92 Å². The van der Waals surface area contributed by atoms with Gasteiger partial charge >= 0.3 is 11.9 Å². The van der Waals surface area contributed by atoms with Crippen molar-refractivity contribution in [2.45, 2.75) is 76.6 Å². The van der Waals surface area contributed by atoms with Crippen LogP contribution in [0.4, 0.5) is 0 Å². The Balaban J connectivity index is 0.000000169. The van der Waals surface area contributed by atoms with Gasteiger partial charge in [0.05, 0.1) is 6.61 Å². The number of carbonyl (C=O) groups excluding carboxylic acids is 2. The van der Waals surface area contributed by atoms with E-state index in [0.29, 0.717) is 18.6 Å². The first-order valence-corrected chi connectivity index (χ1v) is 10.4. The molecule has 4 bridgehead atoms. The summed E-state index contributed by atoms with van der Waals surface area (Å²) in [4.78, 5) is 22.5. The number of rotatable bonds is 4. The van der Waals surface area contributed by atoms with Crippen molar-refractivity contribution in [3.8, 4) is 0 Å². The summed E-state index contributed by atoms with van der Waals surface area (Å²) in [6.45, 7) is 9.07. The summed E-state index contributed by atoms with van der Waals surface area (Å²) in [5, 5.41) is 8.63. The first kappa shape index (κ1) is 20.9. The minimum absolute atomic E-state index is 0.106. The number of aliphatic hydroxyl groups excluding tert-OH is 1. The average molecular weight is 392 g/mol. The van der Waals surface area contributed by atoms with Crippen LogP contribution in [0.25, 0.3) is 0 Å². The fourth-order valence-corrected chi connectivity index (χ4v) is 5.43. The van der Waals surface area contributed by atoms with Gasteiger partial charge in [0.15, 0.2) is 5.76 Å². The fraction of sp³-hybridized carbons (Fsp3) is 0.727. The zero-order chi connectivity index (χ0) is 20.3. The van der Waals surface area contributed by atoms with Crippen LogP contribution in [0.15, 0.2) is 24.5 Å². The zero-order valence-electron chi connectivity index (χ0n) is 16.8. The maximum atomic E-state index is 11.7. The third-order valence-electron chi connectivity index (χ3n) is 6.25. The largest absolute Gasteiger partial charge is 0.502 e. The van der Waals surface area contributed by atoms with E-state index in [0.717, 1.165) is 49.9 Å². The Morgan fingerprint density at radius 2 is 1.57 bits per heavy atom. The lowest BCUT2D eigenvalue weighted by Gasteiger charge is -2.55. The van der Waals surface area contributed by atoms with E-state index in [1.807, 2.05) is 0 Å². The molecule has 4 saturated carbocycles. The number of hydrogen-bond acceptors (Lipinski definition) is 6. The molecule has 1 atom stereocenters. The predicted octanol–water partition coefficient (Wildman–Crippen LogP) is 4.20. The molecular formula is C22H32O6. The Morgan fingerprint density at radius 3 is 2.00 bits per heavy atom. The van der Waals surface area contributed by atoms with Crippen LogP contribution >= 0.6 is 0 Å². The molecular weight excluding hydrogens is 360 g/mol. The fourth-order valence-electron chi connectivity index (χ4n) is 5.43. The van der Waals surface area contributed by atoms with E-state index in [2.05, 4.69) is 13.2 Å². The summed E-state index contributed by atoms with van der Waals surface area (Å²) in [6.07, 6.45) is 9.63. The van der Waals surface area contributed by atoms with Crippen molar-refractivity contribution in [1.82, 2.24) is 0 Å². The molecule has 4 aliphatic carbocycles. The Hall–Kier alpha value is -1.82. The quantitative estimate of drug-likeness (QED) is 0.439. The van der Waals surface area contributed by atoms with E-state index in [-0.39, 0.29) is 11.6 Å². The van der Waals surface area contributed by atoms with Crippen LogP contribution in [-0.4, -0.2) is 35.5 Å². The molecule has 156 valence electrons. The number of ether oxygens (including phenoxy) is 3. The molecule has 0 aromatic heterocycles. The van der Waals surface area contributed by atoms with Crippen LogP contribution in [0.2, 0.25) is 0 Å². The van der Waals surface area contributed by atoms with Crippen molar-refractivity contribution in [3.63, 3.8) is 0 Å². The molecule has 1 N–H and O–H groups in total. The highest BCUT2D eigenvalue weighted by molar-refractivity contribution is 5.87. The number of aliphatic hydroxyl groups is 1. The van der Waals surface area contributed by atoms with Crippen LogP contribution < -0.4 is 0 Å². The molecule has 0 spiro atoms. The number of esters is 2. The molecule has 6 heteroatoms. The Bertz CT molecular complexity index is 596. The molecule has 1 heterocycles. The van der Waals surface area contributed by atoms with E-state index in [4.69, 9.17) is 19.3 Å². The van der Waals surface area contributed by atoms with Crippen molar-refractivity contribution < 1.29 is 28.9 Å². The first-order valence-electron chi connectivity index (χ1n) is 10.4. The topological polar surface area (TPSA) is 82.1 Å². The van der Waals surface area contributed by atoms with Gasteiger partial charge in [-0.1, -0.05) is 6.58 Å². The van der Waals surface area contributed by atoms with Gasteiger partial charge in [-0.2, -0.15) is 0 Å². The minimum Gasteiger partial charge on any atom is -0.502 e. The summed E-state index contributed by atoms with van der Waals surface area (Å²) in [5.74, 6) is 0.908. The summed E-state index contributed by atoms with van der Waals surface area (Å²) in [7, 11) is 0. The van der Waals surface area contributed by atoms with Crippen LogP contribution in [0.1, 0.15) is 64.7 Å². The van der Waals surface area contributed by atoms with Gasteiger partial charge < -0.3 is 19.3 Å². The van der Waals surface area contributed by atoms with Crippen molar-refractivity contribution in [2.24, 2.45) is 17.8 Å². The van der Waals surface area contributed by atoms with Crippen LogP contribution in [0, 0.1) is 17.8 Å². The van der Waals surface area contributed by atoms with Gasteiger partial charge in [-0.05, 0) is 82.6 Å². The highest BCUT2D eigenvalue weighted by Gasteiger charge is 2.53. The molecule has 5 aliphatic rings. The van der Waals surface area contributed by atoms with E-state index < -0.39 is 18.0 Å². The minimum atomic E-state index is -0.804. The highest BCUT2D eigenvalue weighted by Crippen LogP contribution is 2.57. The summed E-state index contributed by atoms with van der Waals surface area (Å²) in [6, 6.07) is 0. The van der Waals surface area contributed by atoms with Crippen molar-refractivity contribution in [2.75, 3.05) is 6.61 Å². The monoisotopic (exact) mass is 392 g/mol. The second kappa shape index (κ2) is 8.68. The van der Waals surface area contributed by atoms with Gasteiger partial charge in [-0.25, -0.2) is 9.59 Å². The normalized spacial score (nSPS) is 35.3. The zero-order valence-corrected chi connectivity index (χ0v) is 16.8. The number of hydrogen-bond donors (Lipinski definition) is 1. The van der Waals surface area contributed by atoms with Crippen molar-refractivity contribution in [1.29, 1.82) is 0 Å². The Labute approximate surface area is 166 Å². The third-order valence-corrected chi connectivity index (χ3v) is 6.25. The van der Waals surface area contributed by atoms with Gasteiger partial charge in [0.1, 0.15) is 5.60 Å². The number of carbonyl (C=O) groups is 2. The SMILES string of the molecule is C=C(C)C(=O)OC12CC3CC(CC(C3)C1)C2.C=C(O)C(=O)OC1CCCCO1. The Morgan fingerprint density at radius 1 is 1.00 bits per heavy atom. The second-order valence-electron chi connectivity index (χ2n) is 8.92. The molecule has 0 aromatic rings. The second-order valence-corrected chi connectivity index (χ2v) is 8.92. The summed E-state index contributed by atoms with van der Waals surface area (Å²) >= 11 is 0. The molecule has 1 saturated heterocycles. The molecule has 5 rings (SSSR count). The average Bonchev–Trinajstić information content (AvgIpc) is 2.61. The highest BCUT2D eigenvalue weighted by atomic mass is 16.7. The molecule has 0 radical (unpaired) electrons. The lowest BCUT2D eigenvalue weighted by Crippen LogP contribution is -2.52. The van der Waals surface area contributed by atoms with E-state index in [9.17, 15) is 9.59 Å². The van der Waals surface area contributed by atoms with Crippen molar-refractivity contribution >= 4 is 11.9 Å². The van der Waals surface area contributed by atoms with Gasteiger partial charge in [0, 0.05) is 12.0 Å². The molecule has 1 aliphatic heterocycles. The maximum Gasteiger partial charge on any atom is 0.375 e. The third kappa shape index (κ3) is 5.16. The Kier molecular flexibility index (Phi) is 6.48. The molecule has 6 nitrogen and oxygen atoms in total. The molecule has 28 heavy (non-hydrogen) atoms. The van der Waals surface area contributed by atoms with Crippen LogP contribution in [-0.2, 0) is 23.8 Å². The molecule has 5 fully saturated rings. The predicted molar refractivity (Wildman–Crippen MR) is 103 cm³/mol. The lowest BCUT2D eigenvalue weighted by molar-refractivity contribution is -0.185. The van der Waals surface area contributed by atoms with Crippen LogP contribution in [0.3, 0.4) is 0 Å². The van der Waals surface area contributed by atoms with Gasteiger partial charge in [0.2, 0.25) is 6.29 Å². The van der Waals surface area contributed by atoms with Crippen LogP contribution in [0.5, 0.6) is 0 Å². The first-order chi connectivity index (χ1) is 13.3. The lowest BCUT2D eigenvalue weighted by atomic mass is 9.54.